The summed E-state index contributed by atoms with van der Waals surface area (Å²) < 4.78 is 5.32. The van der Waals surface area contributed by atoms with Gasteiger partial charge in [0.25, 0.3) is 0 Å². The minimum atomic E-state index is -1.14. The Labute approximate surface area is 257 Å². The first-order valence-corrected chi connectivity index (χ1v) is 14.4. The third kappa shape index (κ3) is 11.3. The van der Waals surface area contributed by atoms with Crippen molar-refractivity contribution in [3.05, 3.63) is 102 Å². The van der Waals surface area contributed by atoms with Crippen LogP contribution in [0.5, 0.6) is 0 Å². The van der Waals surface area contributed by atoms with Gasteiger partial charge in [0.05, 0.1) is 0 Å². The summed E-state index contributed by atoms with van der Waals surface area (Å²) >= 11 is 0. The van der Waals surface area contributed by atoms with Crippen molar-refractivity contribution in [2.75, 3.05) is 6.54 Å². The van der Waals surface area contributed by atoms with E-state index in [0.717, 1.165) is 11.1 Å². The van der Waals surface area contributed by atoms with Gasteiger partial charge in [-0.05, 0) is 35.6 Å². The number of alkyl carbamates (subject to hydrolysis) is 1. The van der Waals surface area contributed by atoms with E-state index in [1.54, 1.807) is 12.1 Å². The molecule has 0 aliphatic heterocycles. The highest BCUT2D eigenvalue weighted by Crippen LogP contribution is 2.10. The Morgan fingerprint density at radius 2 is 1.32 bits per heavy atom. The number of Topliss-reactive ketones (excluding diaryl/α,β-unsaturated/α-hetero) is 1. The number of amides is 4. The van der Waals surface area contributed by atoms with Gasteiger partial charge in [-0.2, -0.15) is 0 Å². The predicted octanol–water partition coefficient (Wildman–Crippen LogP) is 2.95. The zero-order valence-corrected chi connectivity index (χ0v) is 25.1. The molecular weight excluding hydrogens is 562 g/mol. The molecule has 4 amide bonds. The maximum atomic E-state index is 13.7. The Morgan fingerprint density at radius 3 is 1.91 bits per heavy atom. The van der Waals surface area contributed by atoms with Crippen LogP contribution in [-0.2, 0) is 32.1 Å². The zero-order chi connectivity index (χ0) is 31.9. The minimum absolute atomic E-state index is 0.0274. The summed E-state index contributed by atoms with van der Waals surface area (Å²) in [5.41, 5.74) is 1.67. The molecule has 0 radical (unpaired) electrons. The summed E-state index contributed by atoms with van der Waals surface area (Å²) in [4.78, 5) is 68.8. The van der Waals surface area contributed by atoms with Gasteiger partial charge >= 0.3 is 6.09 Å². The summed E-state index contributed by atoms with van der Waals surface area (Å²) in [6.07, 6.45) is 1.08. The van der Waals surface area contributed by atoms with Gasteiger partial charge in [-0.3, -0.25) is 24.2 Å². The van der Waals surface area contributed by atoms with Gasteiger partial charge in [0, 0.05) is 26.1 Å². The second kappa shape index (κ2) is 17.2. The molecule has 1 heterocycles. The summed E-state index contributed by atoms with van der Waals surface area (Å²) in [5.74, 6) is -2.08. The van der Waals surface area contributed by atoms with Crippen LogP contribution in [0, 0.1) is 5.92 Å². The normalized spacial score (nSPS) is 12.7. The molecule has 4 N–H and O–H groups in total. The average Bonchev–Trinajstić information content (AvgIpc) is 3.02. The first kappa shape index (κ1) is 33.4. The molecule has 0 saturated carbocycles. The van der Waals surface area contributed by atoms with Gasteiger partial charge in [0.15, 0.2) is 0 Å². The van der Waals surface area contributed by atoms with Crippen LogP contribution in [0.2, 0.25) is 0 Å². The van der Waals surface area contributed by atoms with E-state index < -0.39 is 41.8 Å². The van der Waals surface area contributed by atoms with Crippen LogP contribution < -0.4 is 21.3 Å². The third-order valence-electron chi connectivity index (χ3n) is 6.55. The molecular formula is C33H39N5O6. The maximum absolute atomic E-state index is 13.7. The lowest BCUT2D eigenvalue weighted by Crippen LogP contribution is -2.58. The first-order chi connectivity index (χ1) is 21.1. The largest absolute Gasteiger partial charge is 0.445 e. The summed E-state index contributed by atoms with van der Waals surface area (Å²) in [6.45, 7) is 4.97. The van der Waals surface area contributed by atoms with E-state index in [1.165, 1.54) is 19.2 Å². The van der Waals surface area contributed by atoms with Crippen molar-refractivity contribution in [1.29, 1.82) is 0 Å². The van der Waals surface area contributed by atoms with E-state index in [1.807, 2.05) is 74.5 Å². The van der Waals surface area contributed by atoms with Crippen LogP contribution >= 0.6 is 0 Å². The van der Waals surface area contributed by atoms with Crippen LogP contribution in [0.4, 0.5) is 4.79 Å². The molecule has 0 spiro atoms. The minimum Gasteiger partial charge on any atom is -0.445 e. The van der Waals surface area contributed by atoms with E-state index in [-0.39, 0.29) is 43.5 Å². The second-order valence-corrected chi connectivity index (χ2v) is 10.7. The Kier molecular flexibility index (Phi) is 13.0. The topological polar surface area (TPSA) is 156 Å². The van der Waals surface area contributed by atoms with Gasteiger partial charge in [0.1, 0.15) is 30.4 Å². The zero-order valence-electron chi connectivity index (χ0n) is 25.1. The van der Waals surface area contributed by atoms with E-state index in [4.69, 9.17) is 4.74 Å². The molecule has 0 saturated heterocycles. The SMILES string of the molecule is CC(=O)NC[C@H](NC(=O)[C@H](Cc1ccccc1)NC(=O)[C@H](CC(C)C)NC(=O)OCc1ccccc1)C(=O)c1ccccn1. The van der Waals surface area contributed by atoms with E-state index >= 15 is 0 Å². The van der Waals surface area contributed by atoms with Crippen molar-refractivity contribution in [2.24, 2.45) is 5.92 Å². The quantitative estimate of drug-likeness (QED) is 0.195. The van der Waals surface area contributed by atoms with Crippen LogP contribution in [0.25, 0.3) is 0 Å². The molecule has 3 rings (SSSR count). The number of carbonyl (C=O) groups excluding carboxylic acids is 5. The van der Waals surface area contributed by atoms with Crippen LogP contribution in [0.15, 0.2) is 85.1 Å². The Morgan fingerprint density at radius 1 is 0.727 bits per heavy atom. The van der Waals surface area contributed by atoms with Gasteiger partial charge in [-0.15, -0.1) is 0 Å². The lowest BCUT2D eigenvalue weighted by Gasteiger charge is -2.26. The maximum Gasteiger partial charge on any atom is 0.408 e. The number of benzene rings is 2. The molecule has 0 bridgehead atoms. The van der Waals surface area contributed by atoms with Crippen molar-refractivity contribution >= 4 is 29.6 Å². The number of carbonyl (C=O) groups is 5. The number of aromatic nitrogens is 1. The predicted molar refractivity (Wildman–Crippen MR) is 164 cm³/mol. The number of nitrogens with zero attached hydrogens (tertiary/aromatic N) is 1. The molecule has 232 valence electrons. The fourth-order valence-electron chi connectivity index (χ4n) is 4.36. The number of ketones is 1. The molecule has 0 aliphatic carbocycles. The molecule has 0 aliphatic rings. The van der Waals surface area contributed by atoms with E-state index in [0.29, 0.717) is 0 Å². The molecule has 1 aromatic heterocycles. The van der Waals surface area contributed by atoms with Crippen LogP contribution in [0.1, 0.15) is 48.8 Å². The highest BCUT2D eigenvalue weighted by molar-refractivity contribution is 6.02. The van der Waals surface area contributed by atoms with Gasteiger partial charge in [0.2, 0.25) is 23.5 Å². The van der Waals surface area contributed by atoms with Crippen molar-refractivity contribution in [3.63, 3.8) is 0 Å². The number of ether oxygens (including phenoxy) is 1. The molecule has 3 atom stereocenters. The highest BCUT2D eigenvalue weighted by atomic mass is 16.5. The van der Waals surface area contributed by atoms with E-state index in [2.05, 4.69) is 26.3 Å². The van der Waals surface area contributed by atoms with Gasteiger partial charge in [-0.25, -0.2) is 4.79 Å². The smallest absolute Gasteiger partial charge is 0.408 e. The second-order valence-electron chi connectivity index (χ2n) is 10.7. The molecule has 0 fully saturated rings. The molecule has 11 nitrogen and oxygen atoms in total. The fourth-order valence-corrected chi connectivity index (χ4v) is 4.36. The molecule has 3 aromatic rings. The lowest BCUT2D eigenvalue weighted by molar-refractivity contribution is -0.130. The Bertz CT molecular complexity index is 1390. The highest BCUT2D eigenvalue weighted by Gasteiger charge is 2.31. The number of nitrogens with one attached hydrogen (secondary N) is 4. The molecule has 11 heteroatoms. The van der Waals surface area contributed by atoms with Crippen molar-refractivity contribution in [3.8, 4) is 0 Å². The van der Waals surface area contributed by atoms with Crippen LogP contribution in [0.3, 0.4) is 0 Å². The monoisotopic (exact) mass is 601 g/mol. The lowest BCUT2D eigenvalue weighted by atomic mass is 10.0. The summed E-state index contributed by atoms with van der Waals surface area (Å²) in [6, 6.07) is 19.8. The number of hydrogen-bond acceptors (Lipinski definition) is 7. The summed E-state index contributed by atoms with van der Waals surface area (Å²) in [7, 11) is 0. The van der Waals surface area contributed by atoms with Crippen molar-refractivity contribution < 1.29 is 28.7 Å². The summed E-state index contributed by atoms with van der Waals surface area (Å²) in [5, 5.41) is 10.6. The van der Waals surface area contributed by atoms with E-state index in [9.17, 15) is 24.0 Å². The third-order valence-corrected chi connectivity index (χ3v) is 6.55. The average molecular weight is 602 g/mol. The van der Waals surface area contributed by atoms with Gasteiger partial charge in [-0.1, -0.05) is 80.6 Å². The van der Waals surface area contributed by atoms with Gasteiger partial charge < -0.3 is 26.0 Å². The molecule has 44 heavy (non-hydrogen) atoms. The number of hydrogen-bond donors (Lipinski definition) is 4. The number of rotatable bonds is 15. The molecule has 2 aromatic carbocycles. The van der Waals surface area contributed by atoms with Crippen molar-refractivity contribution in [2.45, 2.75) is 58.3 Å². The van der Waals surface area contributed by atoms with Crippen LogP contribution in [-0.4, -0.2) is 59.3 Å². The standard InChI is InChI=1S/C33H39N5O6/c1-22(2)18-27(38-33(43)44-21-25-14-8-5-9-15-25)31(41)36-28(19-24-12-6-4-7-13-24)32(42)37-29(20-35-23(3)39)30(40)26-16-10-11-17-34-26/h4-17,22,27-29H,18-21H2,1-3H3,(H,35,39)(H,36,41)(H,37,42)(H,38,43)/t27-,28-,29-/m0/s1. The Balaban J connectivity index is 1.78. The molecule has 0 unspecified atom stereocenters. The first-order valence-electron chi connectivity index (χ1n) is 14.4. The Hall–Kier alpha value is -5.06. The van der Waals surface area contributed by atoms with Crippen molar-refractivity contribution in [1.82, 2.24) is 26.3 Å². The number of pyridine rings is 1. The fraction of sp³-hybridized carbons (Fsp3) is 0.333.